The summed E-state index contributed by atoms with van der Waals surface area (Å²) in [5.74, 6) is 0. The highest BCUT2D eigenvalue weighted by Crippen LogP contribution is 2.66. The van der Waals surface area contributed by atoms with Gasteiger partial charge in [-0.25, -0.2) is 0 Å². The van der Waals surface area contributed by atoms with Gasteiger partial charge in [0.15, 0.2) is 0 Å². The number of fused-ring (bicyclic) bond motifs is 15. The topological polar surface area (TPSA) is 6.48 Å². The van der Waals surface area contributed by atoms with Crippen molar-refractivity contribution in [3.05, 3.63) is 336 Å². The number of hydrogen-bond acceptors (Lipinski definition) is 2. The lowest BCUT2D eigenvalue weighted by atomic mass is 9.68. The molecule has 0 bridgehead atoms. The highest BCUT2D eigenvalue weighted by atomic mass is 15.1. The van der Waals surface area contributed by atoms with Gasteiger partial charge in [0.25, 0.3) is 0 Å². The molecule has 15 rings (SSSR count). The number of para-hydroxylation sites is 3. The van der Waals surface area contributed by atoms with Crippen LogP contribution in [0.15, 0.2) is 291 Å². The molecule has 346 valence electrons. The molecule has 0 aromatic heterocycles. The molecule has 0 N–H and O–H groups in total. The average molecular weight is 941 g/mol. The summed E-state index contributed by atoms with van der Waals surface area (Å²) in [7, 11) is 0. The van der Waals surface area contributed by atoms with Crippen molar-refractivity contribution in [1.82, 2.24) is 0 Å². The Labute approximate surface area is 432 Å². The van der Waals surface area contributed by atoms with Gasteiger partial charge < -0.3 is 9.80 Å². The average Bonchev–Trinajstić information content (AvgIpc) is 4.08. The highest BCUT2D eigenvalue weighted by Gasteiger charge is 2.53. The standard InChI is InChI=1S/C72H48N2/c1-6-24-49(25-7-1)71(50-26-8-2-9-27-50)63-39-21-19-35-57(63)62-46-54(43-45-66(62)71)74(53-32-14-5-15-33-53)69-48-68-70(60-37-17-16-36-59(60)69)61-38-20-23-41-65(61)72(68)64-40-22-18-34-56(64)58-44-42-55(47-67(58)72)73(51-28-10-3-11-29-51)52-30-12-4-13-31-52/h1-48H. The Kier molecular flexibility index (Phi) is 9.43. The van der Waals surface area contributed by atoms with Crippen LogP contribution >= 0.6 is 0 Å². The Bertz CT molecular complexity index is 4050. The number of rotatable bonds is 8. The second-order valence-electron chi connectivity index (χ2n) is 19.9. The van der Waals surface area contributed by atoms with E-state index >= 15 is 0 Å². The van der Waals surface area contributed by atoms with Gasteiger partial charge in [-0.15, -0.1) is 0 Å². The molecule has 12 aromatic carbocycles. The first-order valence-electron chi connectivity index (χ1n) is 25.8. The summed E-state index contributed by atoms with van der Waals surface area (Å²) < 4.78 is 0. The predicted molar refractivity (Wildman–Crippen MR) is 307 cm³/mol. The molecule has 0 saturated heterocycles. The maximum atomic E-state index is 2.56. The maximum absolute atomic E-state index is 2.56. The van der Waals surface area contributed by atoms with Crippen molar-refractivity contribution >= 4 is 44.9 Å². The molecule has 0 saturated carbocycles. The molecule has 12 aromatic rings. The molecule has 0 aliphatic heterocycles. The Balaban J connectivity index is 1.01. The number of benzene rings is 12. The smallest absolute Gasteiger partial charge is 0.0727 e. The van der Waals surface area contributed by atoms with Crippen LogP contribution in [0.2, 0.25) is 0 Å². The summed E-state index contributed by atoms with van der Waals surface area (Å²) in [6.45, 7) is 0. The van der Waals surface area contributed by atoms with E-state index < -0.39 is 10.8 Å². The first kappa shape index (κ1) is 42.2. The summed E-state index contributed by atoms with van der Waals surface area (Å²) in [6.07, 6.45) is 0. The zero-order valence-electron chi connectivity index (χ0n) is 40.6. The van der Waals surface area contributed by atoms with E-state index in [-0.39, 0.29) is 0 Å². The zero-order valence-corrected chi connectivity index (χ0v) is 40.6. The lowest BCUT2D eigenvalue weighted by molar-refractivity contribution is 0.768. The van der Waals surface area contributed by atoms with E-state index in [1.807, 2.05) is 0 Å². The molecule has 1 atom stereocenters. The second kappa shape index (κ2) is 16.5. The largest absolute Gasteiger partial charge is 0.310 e. The third kappa shape index (κ3) is 5.88. The van der Waals surface area contributed by atoms with Crippen molar-refractivity contribution in [3.63, 3.8) is 0 Å². The van der Waals surface area contributed by atoms with Crippen molar-refractivity contribution in [2.75, 3.05) is 9.80 Å². The zero-order chi connectivity index (χ0) is 48.8. The molecule has 74 heavy (non-hydrogen) atoms. The van der Waals surface area contributed by atoms with E-state index in [4.69, 9.17) is 0 Å². The highest BCUT2D eigenvalue weighted by molar-refractivity contribution is 6.12. The molecule has 0 fully saturated rings. The summed E-state index contributed by atoms with van der Waals surface area (Å²) in [4.78, 5) is 4.93. The lowest BCUT2D eigenvalue weighted by Gasteiger charge is -2.35. The second-order valence-corrected chi connectivity index (χ2v) is 19.9. The van der Waals surface area contributed by atoms with Crippen LogP contribution in [-0.4, -0.2) is 0 Å². The van der Waals surface area contributed by atoms with Crippen molar-refractivity contribution in [3.8, 4) is 33.4 Å². The van der Waals surface area contributed by atoms with Crippen LogP contribution in [0.25, 0.3) is 44.2 Å². The molecule has 3 aliphatic rings. The Morgan fingerprint density at radius 2 is 0.622 bits per heavy atom. The molecular weight excluding hydrogens is 893 g/mol. The lowest BCUT2D eigenvalue weighted by Crippen LogP contribution is -2.28. The van der Waals surface area contributed by atoms with Crippen LogP contribution < -0.4 is 9.80 Å². The van der Waals surface area contributed by atoms with Crippen LogP contribution in [0.3, 0.4) is 0 Å². The first-order chi connectivity index (χ1) is 36.7. The minimum atomic E-state index is -0.629. The minimum absolute atomic E-state index is 0.498. The van der Waals surface area contributed by atoms with Gasteiger partial charge in [0.2, 0.25) is 0 Å². The van der Waals surface area contributed by atoms with E-state index in [1.54, 1.807) is 0 Å². The van der Waals surface area contributed by atoms with Gasteiger partial charge in [0, 0.05) is 33.8 Å². The van der Waals surface area contributed by atoms with Gasteiger partial charge in [-0.3, -0.25) is 0 Å². The Morgan fingerprint density at radius 3 is 1.22 bits per heavy atom. The van der Waals surface area contributed by atoms with Gasteiger partial charge in [0.05, 0.1) is 16.5 Å². The summed E-state index contributed by atoms with van der Waals surface area (Å²) in [6, 6.07) is 108. The molecule has 1 spiro atoms. The fourth-order valence-electron chi connectivity index (χ4n) is 13.5. The molecule has 0 amide bonds. The van der Waals surface area contributed by atoms with E-state index in [2.05, 4.69) is 301 Å². The predicted octanol–water partition coefficient (Wildman–Crippen LogP) is 18.5. The van der Waals surface area contributed by atoms with E-state index in [1.165, 1.54) is 88.7 Å². The summed E-state index contributed by atoms with van der Waals surface area (Å²) in [5.41, 5.74) is 23.5. The normalized spacial score (nSPS) is 14.9. The first-order valence-corrected chi connectivity index (χ1v) is 25.8. The van der Waals surface area contributed by atoms with Gasteiger partial charge in [-0.05, 0) is 150 Å². The summed E-state index contributed by atoms with van der Waals surface area (Å²) in [5, 5.41) is 2.44. The monoisotopic (exact) mass is 940 g/mol. The summed E-state index contributed by atoms with van der Waals surface area (Å²) >= 11 is 0. The van der Waals surface area contributed by atoms with Gasteiger partial charge in [-0.1, -0.05) is 224 Å². The fraction of sp³-hybridized carbons (Fsp3) is 0.0278. The molecule has 2 nitrogen and oxygen atoms in total. The van der Waals surface area contributed by atoms with Crippen molar-refractivity contribution in [1.29, 1.82) is 0 Å². The van der Waals surface area contributed by atoms with Crippen LogP contribution in [-0.2, 0) is 10.8 Å². The number of nitrogens with zero attached hydrogens (tertiary/aromatic N) is 2. The molecule has 0 heterocycles. The molecule has 1 unspecified atom stereocenters. The SMILES string of the molecule is c1ccc(N(c2ccccc2)c2ccc3c(c2)C2(c4ccccc4-3)c3ccccc3-c3c2cc(N(c2ccccc2)c2ccc4c(c2)-c2ccccc2C4(c2ccccc2)c2ccccc2)c2ccccc32)cc1. The Morgan fingerprint density at radius 1 is 0.216 bits per heavy atom. The Hall–Kier alpha value is -9.50. The van der Waals surface area contributed by atoms with E-state index in [9.17, 15) is 0 Å². The minimum Gasteiger partial charge on any atom is -0.310 e. The molecule has 3 aliphatic carbocycles. The van der Waals surface area contributed by atoms with Crippen molar-refractivity contribution < 1.29 is 0 Å². The van der Waals surface area contributed by atoms with Crippen LogP contribution in [0.5, 0.6) is 0 Å². The van der Waals surface area contributed by atoms with E-state index in [0.29, 0.717) is 0 Å². The molecule has 2 heteroatoms. The quantitative estimate of drug-likeness (QED) is 0.150. The third-order valence-corrected chi connectivity index (χ3v) is 16.3. The van der Waals surface area contributed by atoms with Gasteiger partial charge in [-0.2, -0.15) is 0 Å². The maximum Gasteiger partial charge on any atom is 0.0727 e. The third-order valence-electron chi connectivity index (χ3n) is 16.3. The number of anilines is 6. The van der Waals surface area contributed by atoms with Gasteiger partial charge in [0.1, 0.15) is 0 Å². The van der Waals surface area contributed by atoms with E-state index in [0.717, 1.165) is 34.1 Å². The van der Waals surface area contributed by atoms with Crippen LogP contribution in [0.4, 0.5) is 34.1 Å². The fourth-order valence-corrected chi connectivity index (χ4v) is 13.5. The van der Waals surface area contributed by atoms with Gasteiger partial charge >= 0.3 is 0 Å². The van der Waals surface area contributed by atoms with Crippen LogP contribution in [0.1, 0.15) is 44.5 Å². The van der Waals surface area contributed by atoms with Crippen LogP contribution in [0, 0.1) is 0 Å². The number of hydrogen-bond donors (Lipinski definition) is 0. The molecular formula is C72H48N2. The van der Waals surface area contributed by atoms with Crippen molar-refractivity contribution in [2.24, 2.45) is 0 Å². The van der Waals surface area contributed by atoms with Crippen molar-refractivity contribution in [2.45, 2.75) is 10.8 Å². The molecule has 0 radical (unpaired) electrons.